The van der Waals surface area contributed by atoms with Crippen molar-refractivity contribution in [1.29, 1.82) is 0 Å². The molecule has 4 aromatic carbocycles. The summed E-state index contributed by atoms with van der Waals surface area (Å²) in [6.45, 7) is 28.9. The first-order chi connectivity index (χ1) is 22.4. The van der Waals surface area contributed by atoms with Gasteiger partial charge in [0.1, 0.15) is 0 Å². The van der Waals surface area contributed by atoms with E-state index in [1.54, 1.807) is 24.8 Å². The van der Waals surface area contributed by atoms with Crippen LogP contribution in [0.4, 0.5) is 0 Å². The van der Waals surface area contributed by atoms with Gasteiger partial charge in [0.05, 0.1) is 0 Å². The number of hydrogen-bond donors (Lipinski definition) is 0. The fraction of sp³-hybridized carbons (Fsp3) is 0.391. The van der Waals surface area contributed by atoms with Crippen LogP contribution in [0.2, 0.25) is 0 Å². The van der Waals surface area contributed by atoms with E-state index in [0.717, 1.165) is 6.42 Å². The molecule has 0 nitrogen and oxygen atoms in total. The number of hydrogen-bond acceptors (Lipinski definition) is 0. The Balaban J connectivity index is 0.00000281. The van der Waals surface area contributed by atoms with Crippen molar-refractivity contribution in [3.05, 3.63) is 140 Å². The van der Waals surface area contributed by atoms with Gasteiger partial charge in [-0.25, -0.2) is 0 Å². The molecule has 0 radical (unpaired) electrons. The maximum absolute atomic E-state index is 2.72. The van der Waals surface area contributed by atoms with Crippen LogP contribution in [0.15, 0.2) is 106 Å². The van der Waals surface area contributed by atoms with Gasteiger partial charge in [0, 0.05) is 0 Å². The second-order valence-corrected chi connectivity index (χ2v) is 32.1. The Morgan fingerprint density at radius 1 is 0.520 bits per heavy atom. The quantitative estimate of drug-likeness (QED) is 0.180. The van der Waals surface area contributed by atoms with Crippen molar-refractivity contribution >= 4 is 40.6 Å². The van der Waals surface area contributed by atoms with Crippen molar-refractivity contribution in [3.63, 3.8) is 0 Å². The molecule has 0 unspecified atom stereocenters. The van der Waals surface area contributed by atoms with Crippen molar-refractivity contribution in [2.45, 2.75) is 115 Å². The van der Waals surface area contributed by atoms with E-state index in [1.165, 1.54) is 33.4 Å². The van der Waals surface area contributed by atoms with Crippen molar-refractivity contribution in [3.8, 4) is 11.1 Å². The summed E-state index contributed by atoms with van der Waals surface area (Å²) in [6, 6.07) is 34.1. The summed E-state index contributed by atoms with van der Waals surface area (Å²) in [6.07, 6.45) is 8.44. The Hall–Kier alpha value is -1.96. The number of allylic oxidation sites excluding steroid dienone is 4. The van der Waals surface area contributed by atoms with Crippen LogP contribution < -0.4 is 10.4 Å². The fourth-order valence-electron chi connectivity index (χ4n) is 7.96. The molecule has 2 aliphatic carbocycles. The van der Waals surface area contributed by atoms with Gasteiger partial charge in [-0.15, -0.1) is 24.8 Å². The first-order valence-corrected chi connectivity index (χ1v) is 25.8. The molecule has 264 valence electrons. The van der Waals surface area contributed by atoms with Crippen LogP contribution in [0.25, 0.3) is 11.1 Å². The van der Waals surface area contributed by atoms with Crippen molar-refractivity contribution in [2.24, 2.45) is 0 Å². The Kier molecular flexibility index (Phi) is 12.1. The van der Waals surface area contributed by atoms with Crippen LogP contribution in [-0.2, 0) is 42.0 Å². The van der Waals surface area contributed by atoms with E-state index in [1.807, 2.05) is 0 Å². The molecule has 0 saturated heterocycles. The zero-order valence-electron chi connectivity index (χ0n) is 32.4. The first kappa shape index (κ1) is 40.8. The van der Waals surface area contributed by atoms with E-state index in [2.05, 4.69) is 186 Å². The van der Waals surface area contributed by atoms with Crippen molar-refractivity contribution in [2.75, 3.05) is 0 Å². The van der Waals surface area contributed by atoms with Crippen LogP contribution in [0.3, 0.4) is 0 Å². The Bertz CT molecular complexity index is 1830. The summed E-state index contributed by atoms with van der Waals surface area (Å²) in [5.74, 6) is 0. The third-order valence-electron chi connectivity index (χ3n) is 10.3. The maximum Gasteiger partial charge on any atom is -0.147 e. The SMILES string of the molecule is CC(C)(C)c1cc2c(cc1C(C)(C)C)[CH]([Zr]([C]1=CC=CC1)=[Si](c1ccccc1)c1ccccc1)c1cc(C(C)(C)C)c(C(C)(C)C)cc1-2.Cl.Cl. The van der Waals surface area contributed by atoms with E-state index >= 15 is 0 Å². The topological polar surface area (TPSA) is 0 Å². The van der Waals surface area contributed by atoms with Crippen molar-refractivity contribution < 1.29 is 20.4 Å². The first-order valence-electron chi connectivity index (χ1n) is 18.0. The molecule has 4 aromatic rings. The largest absolute Gasteiger partial charge is 0.147 e. The monoisotopic (exact) mass is 798 g/mol. The van der Waals surface area contributed by atoms with Crippen LogP contribution in [0, 0.1) is 0 Å². The summed E-state index contributed by atoms with van der Waals surface area (Å²) in [5.41, 5.74) is 11.4. The third-order valence-corrected chi connectivity index (χ3v) is 30.1. The predicted octanol–water partition coefficient (Wildman–Crippen LogP) is 12.1. The Morgan fingerprint density at radius 2 is 0.880 bits per heavy atom. The molecule has 0 amide bonds. The van der Waals surface area contributed by atoms with Gasteiger partial charge in [0.2, 0.25) is 0 Å². The maximum atomic E-state index is 2.72. The van der Waals surface area contributed by atoms with E-state index < -0.39 is 25.8 Å². The number of rotatable bonds is 4. The molecule has 0 bridgehead atoms. The van der Waals surface area contributed by atoms with Crippen molar-refractivity contribution in [1.82, 2.24) is 0 Å². The fourth-order valence-corrected chi connectivity index (χ4v) is 30.2. The molecule has 0 N–H and O–H groups in total. The van der Waals surface area contributed by atoms with E-state index in [0.29, 0.717) is 3.63 Å². The summed E-state index contributed by atoms with van der Waals surface area (Å²) in [4.78, 5) is 0. The molecular weight excluding hydrogens is 743 g/mol. The van der Waals surface area contributed by atoms with Gasteiger partial charge >= 0.3 is 302 Å². The standard InChI is InChI=1S/C29H41.C12H10Si.C5H5.2ClH.Zr/c1-26(2,3)22-14-18-13-19-15-23(27(4,5)6)25(29(10,11)12)17-21(19)20(18)16-24(22)28(7,8)9;1-3-7-11(8-4-1)13-12-9-5-2-6-10-12;1-2-4-5-3-1;;;/h13-17H,1-12H3;1-10H;1-3H,4H2;2*1H;. The van der Waals surface area contributed by atoms with Crippen LogP contribution in [0.1, 0.15) is 127 Å². The molecule has 0 aliphatic heterocycles. The average Bonchev–Trinajstić information content (AvgIpc) is 3.64. The van der Waals surface area contributed by atoms with Gasteiger partial charge in [-0.3, -0.25) is 0 Å². The number of halogens is 2. The minimum atomic E-state index is -2.62. The van der Waals surface area contributed by atoms with Gasteiger partial charge in [0.25, 0.3) is 0 Å². The third kappa shape index (κ3) is 7.86. The second-order valence-electron chi connectivity index (χ2n) is 18.2. The molecule has 0 fully saturated rings. The Labute approximate surface area is 324 Å². The summed E-state index contributed by atoms with van der Waals surface area (Å²) in [5, 5.41) is 3.16. The Morgan fingerprint density at radius 3 is 1.20 bits per heavy atom. The van der Waals surface area contributed by atoms with Gasteiger partial charge in [-0.1, -0.05) is 0 Å². The molecule has 0 atom stereocenters. The van der Waals surface area contributed by atoms with Gasteiger partial charge in [-0.2, -0.15) is 0 Å². The van der Waals surface area contributed by atoms with E-state index in [-0.39, 0.29) is 46.5 Å². The van der Waals surface area contributed by atoms with E-state index in [4.69, 9.17) is 0 Å². The minimum absolute atomic E-state index is 0. The molecular formula is C46H58Cl2SiZr. The average molecular weight is 801 g/mol. The smallest absolute Gasteiger partial charge is 0.147 e. The second kappa shape index (κ2) is 14.8. The normalized spacial score (nSPS) is 14.4. The molecule has 2 aliphatic rings. The number of benzene rings is 4. The molecule has 0 heterocycles. The molecule has 0 saturated carbocycles. The predicted molar refractivity (Wildman–Crippen MR) is 223 cm³/mol. The van der Waals surface area contributed by atoms with Crippen LogP contribution in [-0.4, -0.2) is 5.43 Å². The molecule has 6 rings (SSSR count). The van der Waals surface area contributed by atoms with E-state index in [9.17, 15) is 0 Å². The van der Waals surface area contributed by atoms with Gasteiger partial charge in [0.15, 0.2) is 0 Å². The van der Waals surface area contributed by atoms with Crippen LogP contribution in [0.5, 0.6) is 0 Å². The molecule has 50 heavy (non-hydrogen) atoms. The number of fused-ring (bicyclic) bond motifs is 3. The van der Waals surface area contributed by atoms with Crippen LogP contribution >= 0.6 is 24.8 Å². The molecule has 0 spiro atoms. The zero-order valence-corrected chi connectivity index (χ0v) is 37.5. The summed E-state index contributed by atoms with van der Waals surface area (Å²) in [7, 11) is 0. The molecule has 0 aromatic heterocycles. The van der Waals surface area contributed by atoms with Gasteiger partial charge in [-0.05, 0) is 0 Å². The van der Waals surface area contributed by atoms with Gasteiger partial charge < -0.3 is 0 Å². The summed E-state index contributed by atoms with van der Waals surface area (Å²) < 4.78 is 2.24. The zero-order chi connectivity index (χ0) is 34.8. The molecule has 4 heteroatoms. The summed E-state index contributed by atoms with van der Waals surface area (Å²) >= 11 is -2.62. The minimum Gasteiger partial charge on any atom is -0.147 e.